The van der Waals surface area contributed by atoms with E-state index in [-0.39, 0.29) is 5.96 Å². The van der Waals surface area contributed by atoms with Gasteiger partial charge in [0.1, 0.15) is 0 Å². The third-order valence-corrected chi connectivity index (χ3v) is 2.56. The molecule has 0 unspecified atom stereocenters. The standard InChI is InChI=1S/C14H15N3/c1-10-5-2-3-8-13(10)11-6-4-7-12(9-11)17-14(15)16/h2-9H,1H3,(H4,15,16,17). The summed E-state index contributed by atoms with van der Waals surface area (Å²) in [7, 11) is 0. The zero-order valence-electron chi connectivity index (χ0n) is 9.72. The van der Waals surface area contributed by atoms with Crippen molar-refractivity contribution in [2.24, 2.45) is 16.5 Å². The van der Waals surface area contributed by atoms with Gasteiger partial charge in [-0.2, -0.15) is 0 Å². The molecule has 0 amide bonds. The lowest BCUT2D eigenvalue weighted by atomic mass is 10.0. The monoisotopic (exact) mass is 225 g/mol. The summed E-state index contributed by atoms with van der Waals surface area (Å²) in [6, 6.07) is 16.1. The second-order valence-electron chi connectivity index (χ2n) is 3.90. The Morgan fingerprint density at radius 2 is 1.76 bits per heavy atom. The molecule has 0 saturated heterocycles. The normalized spacial score (nSPS) is 9.94. The van der Waals surface area contributed by atoms with Crippen LogP contribution in [0.1, 0.15) is 5.56 Å². The molecule has 3 heteroatoms. The van der Waals surface area contributed by atoms with Gasteiger partial charge in [0.25, 0.3) is 0 Å². The maximum atomic E-state index is 5.37. The van der Waals surface area contributed by atoms with Gasteiger partial charge in [0.2, 0.25) is 0 Å². The first-order valence-corrected chi connectivity index (χ1v) is 5.42. The lowest BCUT2D eigenvalue weighted by Crippen LogP contribution is -2.21. The van der Waals surface area contributed by atoms with Crippen molar-refractivity contribution in [3.8, 4) is 11.1 Å². The van der Waals surface area contributed by atoms with Gasteiger partial charge in [0, 0.05) is 0 Å². The van der Waals surface area contributed by atoms with Crippen LogP contribution in [-0.4, -0.2) is 5.96 Å². The van der Waals surface area contributed by atoms with Crippen LogP contribution in [0.2, 0.25) is 0 Å². The molecule has 2 rings (SSSR count). The van der Waals surface area contributed by atoms with Crippen molar-refractivity contribution < 1.29 is 0 Å². The van der Waals surface area contributed by atoms with E-state index in [1.165, 1.54) is 11.1 Å². The van der Waals surface area contributed by atoms with Crippen LogP contribution in [0.25, 0.3) is 11.1 Å². The van der Waals surface area contributed by atoms with Crippen LogP contribution >= 0.6 is 0 Å². The summed E-state index contributed by atoms with van der Waals surface area (Å²) in [5.74, 6) is 0.0759. The quantitative estimate of drug-likeness (QED) is 0.609. The summed E-state index contributed by atoms with van der Waals surface area (Å²) in [5.41, 5.74) is 15.1. The summed E-state index contributed by atoms with van der Waals surface area (Å²) in [6.07, 6.45) is 0. The van der Waals surface area contributed by atoms with Crippen LogP contribution in [0.4, 0.5) is 5.69 Å². The number of guanidine groups is 1. The third-order valence-electron chi connectivity index (χ3n) is 2.56. The highest BCUT2D eigenvalue weighted by molar-refractivity contribution is 5.80. The van der Waals surface area contributed by atoms with Crippen molar-refractivity contribution in [3.05, 3.63) is 54.1 Å². The van der Waals surface area contributed by atoms with Gasteiger partial charge in [-0.15, -0.1) is 0 Å². The van der Waals surface area contributed by atoms with E-state index in [0.717, 1.165) is 11.3 Å². The van der Waals surface area contributed by atoms with Gasteiger partial charge in [-0.3, -0.25) is 0 Å². The molecule has 0 spiro atoms. The van der Waals surface area contributed by atoms with E-state index in [4.69, 9.17) is 11.5 Å². The van der Waals surface area contributed by atoms with E-state index < -0.39 is 0 Å². The zero-order chi connectivity index (χ0) is 12.3. The molecule has 0 aliphatic rings. The van der Waals surface area contributed by atoms with Crippen LogP contribution in [0.5, 0.6) is 0 Å². The molecule has 0 atom stereocenters. The smallest absolute Gasteiger partial charge is 0.191 e. The average molecular weight is 225 g/mol. The molecule has 0 aromatic heterocycles. The Balaban J connectivity index is 2.47. The number of hydrogen-bond acceptors (Lipinski definition) is 1. The number of nitrogens with zero attached hydrogens (tertiary/aromatic N) is 1. The molecule has 0 fully saturated rings. The van der Waals surface area contributed by atoms with Crippen LogP contribution in [0.15, 0.2) is 53.5 Å². The van der Waals surface area contributed by atoms with E-state index in [9.17, 15) is 0 Å². The van der Waals surface area contributed by atoms with Crippen molar-refractivity contribution in [1.29, 1.82) is 0 Å². The van der Waals surface area contributed by atoms with Gasteiger partial charge in [0.05, 0.1) is 5.69 Å². The van der Waals surface area contributed by atoms with Crippen molar-refractivity contribution in [1.82, 2.24) is 0 Å². The molecule has 0 radical (unpaired) electrons. The number of benzene rings is 2. The molecular weight excluding hydrogens is 210 g/mol. The van der Waals surface area contributed by atoms with Gasteiger partial charge in [-0.1, -0.05) is 36.4 Å². The van der Waals surface area contributed by atoms with Crippen molar-refractivity contribution in [3.63, 3.8) is 0 Å². The lowest BCUT2D eigenvalue weighted by molar-refractivity contribution is 1.41. The molecule has 0 saturated carbocycles. The predicted molar refractivity (Wildman–Crippen MR) is 72.1 cm³/mol. The first kappa shape index (κ1) is 11.2. The predicted octanol–water partition coefficient (Wildman–Crippen LogP) is 2.57. The largest absolute Gasteiger partial charge is 0.370 e. The molecule has 2 aromatic carbocycles. The van der Waals surface area contributed by atoms with Crippen LogP contribution < -0.4 is 11.5 Å². The summed E-state index contributed by atoms with van der Waals surface area (Å²) < 4.78 is 0. The Labute approximate surface area is 101 Å². The van der Waals surface area contributed by atoms with Crippen LogP contribution in [-0.2, 0) is 0 Å². The fourth-order valence-corrected chi connectivity index (χ4v) is 1.79. The molecule has 0 heterocycles. The van der Waals surface area contributed by atoms with Crippen LogP contribution in [0.3, 0.4) is 0 Å². The summed E-state index contributed by atoms with van der Waals surface area (Å²) in [5, 5.41) is 0. The van der Waals surface area contributed by atoms with Crippen molar-refractivity contribution in [2.45, 2.75) is 6.92 Å². The molecule has 17 heavy (non-hydrogen) atoms. The highest BCUT2D eigenvalue weighted by atomic mass is 15.0. The lowest BCUT2D eigenvalue weighted by Gasteiger charge is -2.06. The number of nitrogens with two attached hydrogens (primary N) is 2. The summed E-state index contributed by atoms with van der Waals surface area (Å²) >= 11 is 0. The van der Waals surface area contributed by atoms with Gasteiger partial charge in [-0.25, -0.2) is 4.99 Å². The Morgan fingerprint density at radius 3 is 2.47 bits per heavy atom. The molecular formula is C14H15N3. The first-order valence-electron chi connectivity index (χ1n) is 5.42. The SMILES string of the molecule is Cc1ccccc1-c1cccc(N=C(N)N)c1. The topological polar surface area (TPSA) is 64.4 Å². The highest BCUT2D eigenvalue weighted by Gasteiger charge is 2.01. The van der Waals surface area contributed by atoms with E-state index in [1.54, 1.807) is 0 Å². The van der Waals surface area contributed by atoms with Gasteiger partial charge >= 0.3 is 0 Å². The Hall–Kier alpha value is -2.29. The summed E-state index contributed by atoms with van der Waals surface area (Å²) in [4.78, 5) is 4.05. The molecule has 0 aliphatic carbocycles. The van der Waals surface area contributed by atoms with E-state index in [1.807, 2.05) is 36.4 Å². The van der Waals surface area contributed by atoms with Gasteiger partial charge < -0.3 is 11.5 Å². The molecule has 2 aromatic rings. The van der Waals surface area contributed by atoms with Crippen LogP contribution in [0, 0.1) is 6.92 Å². The fourth-order valence-electron chi connectivity index (χ4n) is 1.79. The Kier molecular flexibility index (Phi) is 3.10. The number of rotatable bonds is 2. The van der Waals surface area contributed by atoms with Gasteiger partial charge in [0.15, 0.2) is 5.96 Å². The average Bonchev–Trinajstić information content (AvgIpc) is 2.29. The molecule has 0 aliphatic heterocycles. The third kappa shape index (κ3) is 2.64. The second-order valence-corrected chi connectivity index (χ2v) is 3.90. The molecule has 4 N–H and O–H groups in total. The van der Waals surface area contributed by atoms with E-state index in [2.05, 4.69) is 24.0 Å². The van der Waals surface area contributed by atoms with Crippen molar-refractivity contribution in [2.75, 3.05) is 0 Å². The minimum absolute atomic E-state index is 0.0759. The maximum absolute atomic E-state index is 5.37. The summed E-state index contributed by atoms with van der Waals surface area (Å²) in [6.45, 7) is 2.09. The second kappa shape index (κ2) is 4.70. The minimum atomic E-state index is 0.0759. The van der Waals surface area contributed by atoms with Crippen molar-refractivity contribution >= 4 is 11.6 Å². The Morgan fingerprint density at radius 1 is 1.00 bits per heavy atom. The van der Waals surface area contributed by atoms with E-state index >= 15 is 0 Å². The zero-order valence-corrected chi connectivity index (χ0v) is 9.72. The number of hydrogen-bond donors (Lipinski definition) is 2. The minimum Gasteiger partial charge on any atom is -0.370 e. The fraction of sp³-hybridized carbons (Fsp3) is 0.0714. The first-order chi connectivity index (χ1) is 8.16. The highest BCUT2D eigenvalue weighted by Crippen LogP contribution is 2.26. The van der Waals surface area contributed by atoms with E-state index in [0.29, 0.717) is 0 Å². The number of aliphatic imine (C=N–C) groups is 1. The number of aryl methyl sites for hydroxylation is 1. The Bertz CT molecular complexity index is 555. The molecule has 86 valence electrons. The van der Waals surface area contributed by atoms with Gasteiger partial charge in [-0.05, 0) is 35.7 Å². The molecule has 0 bridgehead atoms. The molecule has 3 nitrogen and oxygen atoms in total. The maximum Gasteiger partial charge on any atom is 0.191 e.